The first kappa shape index (κ1) is 13.3. The van der Waals surface area contributed by atoms with E-state index in [0.717, 1.165) is 32.2 Å². The lowest BCUT2D eigenvalue weighted by molar-refractivity contribution is -0.143. The normalized spacial score (nSPS) is 34.6. The van der Waals surface area contributed by atoms with Crippen LogP contribution in [-0.4, -0.2) is 41.7 Å². The molecular weight excluding hydrogens is 234 g/mol. The molecule has 6 nitrogen and oxygen atoms in total. The van der Waals surface area contributed by atoms with Crippen molar-refractivity contribution >= 4 is 11.8 Å². The third-order valence-electron chi connectivity index (χ3n) is 4.22. The van der Waals surface area contributed by atoms with E-state index in [-0.39, 0.29) is 17.4 Å². The quantitative estimate of drug-likeness (QED) is 0.477. The van der Waals surface area contributed by atoms with Crippen molar-refractivity contribution in [3.8, 4) is 0 Å². The Balaban J connectivity index is 1.86. The second-order valence-electron chi connectivity index (χ2n) is 5.52. The number of rotatable bonds is 4. The van der Waals surface area contributed by atoms with E-state index in [1.165, 1.54) is 0 Å². The van der Waals surface area contributed by atoms with Crippen molar-refractivity contribution in [3.63, 3.8) is 0 Å². The van der Waals surface area contributed by atoms with E-state index in [4.69, 9.17) is 5.73 Å². The third kappa shape index (κ3) is 2.35. The molecular formula is C12H21N3O3. The topological polar surface area (TPSA) is 104 Å². The number of carbonyl (C=O) groups excluding carboxylic acids is 2. The van der Waals surface area contributed by atoms with E-state index in [0.29, 0.717) is 0 Å². The SMILES string of the molecule is CC(O)C(NC1CCC2(CC1)CNC2=O)C(N)=O. The van der Waals surface area contributed by atoms with E-state index in [1.807, 2.05) is 0 Å². The molecule has 18 heavy (non-hydrogen) atoms. The van der Waals surface area contributed by atoms with Crippen molar-refractivity contribution < 1.29 is 14.7 Å². The lowest BCUT2D eigenvalue weighted by atomic mass is 9.68. The summed E-state index contributed by atoms with van der Waals surface area (Å²) in [6.07, 6.45) is 2.54. The standard InChI is InChI=1S/C12H21N3O3/c1-7(16)9(10(13)17)15-8-2-4-12(5-3-8)6-14-11(12)18/h7-9,15-16H,2-6H2,1H3,(H2,13,17)(H,14,18). The van der Waals surface area contributed by atoms with Crippen LogP contribution in [0.25, 0.3) is 0 Å². The minimum atomic E-state index is -0.801. The van der Waals surface area contributed by atoms with Crippen molar-refractivity contribution in [3.05, 3.63) is 0 Å². The molecule has 0 aromatic carbocycles. The number of nitrogens with two attached hydrogens (primary N) is 1. The van der Waals surface area contributed by atoms with Gasteiger partial charge in [-0.1, -0.05) is 0 Å². The number of amides is 2. The predicted octanol–water partition coefficient (Wildman–Crippen LogP) is -1.13. The molecule has 6 heteroatoms. The van der Waals surface area contributed by atoms with Crippen LogP contribution in [-0.2, 0) is 9.59 Å². The number of primary amides is 1. The zero-order valence-corrected chi connectivity index (χ0v) is 10.6. The maximum absolute atomic E-state index is 11.5. The number of β-lactam (4-membered cyclic amide) rings is 1. The minimum Gasteiger partial charge on any atom is -0.391 e. The van der Waals surface area contributed by atoms with Gasteiger partial charge in [0.05, 0.1) is 11.5 Å². The smallest absolute Gasteiger partial charge is 0.237 e. The lowest BCUT2D eigenvalue weighted by Gasteiger charge is -2.46. The molecule has 1 saturated carbocycles. The molecule has 2 unspecified atom stereocenters. The van der Waals surface area contributed by atoms with Crippen LogP contribution in [0.3, 0.4) is 0 Å². The van der Waals surface area contributed by atoms with Crippen LogP contribution in [0.1, 0.15) is 32.6 Å². The molecule has 102 valence electrons. The highest BCUT2D eigenvalue weighted by atomic mass is 16.3. The Morgan fingerprint density at radius 1 is 1.56 bits per heavy atom. The van der Waals surface area contributed by atoms with Crippen LogP contribution in [0.2, 0.25) is 0 Å². The van der Waals surface area contributed by atoms with Gasteiger partial charge in [-0.25, -0.2) is 0 Å². The largest absolute Gasteiger partial charge is 0.391 e. The Labute approximate surface area is 106 Å². The number of hydrogen-bond acceptors (Lipinski definition) is 4. The fourth-order valence-corrected chi connectivity index (χ4v) is 2.86. The molecule has 0 radical (unpaired) electrons. The van der Waals surface area contributed by atoms with Crippen molar-refractivity contribution in [1.82, 2.24) is 10.6 Å². The van der Waals surface area contributed by atoms with Crippen molar-refractivity contribution in [2.75, 3.05) is 6.54 Å². The van der Waals surface area contributed by atoms with Gasteiger partial charge in [-0.3, -0.25) is 9.59 Å². The molecule has 1 saturated heterocycles. The van der Waals surface area contributed by atoms with E-state index < -0.39 is 18.1 Å². The summed E-state index contributed by atoms with van der Waals surface area (Å²) in [5.74, 6) is -0.380. The zero-order chi connectivity index (χ0) is 13.3. The molecule has 1 heterocycles. The van der Waals surface area contributed by atoms with Gasteiger partial charge in [0.25, 0.3) is 0 Å². The summed E-state index contributed by atoms with van der Waals surface area (Å²) in [4.78, 5) is 22.7. The summed E-state index contributed by atoms with van der Waals surface area (Å²) < 4.78 is 0. The van der Waals surface area contributed by atoms with E-state index in [1.54, 1.807) is 6.92 Å². The molecule has 5 N–H and O–H groups in total. The summed E-state index contributed by atoms with van der Waals surface area (Å²) >= 11 is 0. The Morgan fingerprint density at radius 3 is 2.50 bits per heavy atom. The summed E-state index contributed by atoms with van der Waals surface area (Å²) in [6, 6.07) is -0.560. The van der Waals surface area contributed by atoms with Crippen LogP contribution in [0.15, 0.2) is 0 Å². The summed E-state index contributed by atoms with van der Waals surface area (Å²) in [5.41, 5.74) is 5.08. The molecule has 2 aliphatic rings. The monoisotopic (exact) mass is 255 g/mol. The number of nitrogens with one attached hydrogen (secondary N) is 2. The summed E-state index contributed by atoms with van der Waals surface area (Å²) in [7, 11) is 0. The Morgan fingerprint density at radius 2 is 2.17 bits per heavy atom. The molecule has 2 rings (SSSR count). The Bertz CT molecular complexity index is 348. The van der Waals surface area contributed by atoms with Crippen molar-refractivity contribution in [1.29, 1.82) is 0 Å². The number of hydrogen-bond donors (Lipinski definition) is 4. The van der Waals surface area contributed by atoms with Crippen LogP contribution in [0.5, 0.6) is 0 Å². The first-order chi connectivity index (χ1) is 8.44. The van der Waals surface area contributed by atoms with Crippen molar-refractivity contribution in [2.24, 2.45) is 11.1 Å². The minimum absolute atomic E-state index is 0.149. The van der Waals surface area contributed by atoms with Crippen LogP contribution in [0.4, 0.5) is 0 Å². The molecule has 0 aromatic heterocycles. The third-order valence-corrected chi connectivity index (χ3v) is 4.22. The second kappa shape index (κ2) is 4.85. The molecule has 2 atom stereocenters. The molecule has 1 spiro atoms. The Kier molecular flexibility index (Phi) is 3.59. The van der Waals surface area contributed by atoms with Gasteiger partial charge in [-0.05, 0) is 32.6 Å². The highest BCUT2D eigenvalue weighted by Crippen LogP contribution is 2.40. The maximum Gasteiger partial charge on any atom is 0.237 e. The molecule has 1 aliphatic carbocycles. The second-order valence-corrected chi connectivity index (χ2v) is 5.52. The predicted molar refractivity (Wildman–Crippen MR) is 65.5 cm³/mol. The lowest BCUT2D eigenvalue weighted by Crippen LogP contribution is -2.62. The average Bonchev–Trinajstić information content (AvgIpc) is 2.34. The van der Waals surface area contributed by atoms with Gasteiger partial charge in [0, 0.05) is 12.6 Å². The maximum atomic E-state index is 11.5. The van der Waals surface area contributed by atoms with Gasteiger partial charge in [0.2, 0.25) is 11.8 Å². The molecule has 0 bridgehead atoms. The van der Waals surface area contributed by atoms with E-state index in [9.17, 15) is 14.7 Å². The van der Waals surface area contributed by atoms with Gasteiger partial charge in [0.15, 0.2) is 0 Å². The molecule has 2 amide bonds. The van der Waals surface area contributed by atoms with Crippen molar-refractivity contribution in [2.45, 2.75) is 50.8 Å². The fourth-order valence-electron chi connectivity index (χ4n) is 2.86. The molecule has 1 aliphatic heterocycles. The number of aliphatic hydroxyl groups is 1. The van der Waals surface area contributed by atoms with Gasteiger partial charge in [-0.15, -0.1) is 0 Å². The summed E-state index contributed by atoms with van der Waals surface area (Å²) in [6.45, 7) is 2.32. The van der Waals surface area contributed by atoms with Crippen LogP contribution in [0, 0.1) is 5.41 Å². The van der Waals surface area contributed by atoms with Crippen LogP contribution < -0.4 is 16.4 Å². The van der Waals surface area contributed by atoms with E-state index >= 15 is 0 Å². The highest BCUT2D eigenvalue weighted by Gasteiger charge is 2.48. The average molecular weight is 255 g/mol. The first-order valence-electron chi connectivity index (χ1n) is 6.46. The first-order valence-corrected chi connectivity index (χ1v) is 6.46. The highest BCUT2D eigenvalue weighted by molar-refractivity contribution is 5.88. The van der Waals surface area contributed by atoms with Gasteiger partial charge in [0.1, 0.15) is 6.04 Å². The number of aliphatic hydroxyl groups excluding tert-OH is 1. The summed E-state index contributed by atoms with van der Waals surface area (Å²) in [5, 5.41) is 15.4. The van der Waals surface area contributed by atoms with E-state index in [2.05, 4.69) is 10.6 Å². The fraction of sp³-hybridized carbons (Fsp3) is 0.833. The van der Waals surface area contributed by atoms with Gasteiger partial charge >= 0.3 is 0 Å². The van der Waals surface area contributed by atoms with Crippen LogP contribution >= 0.6 is 0 Å². The number of carbonyl (C=O) groups is 2. The zero-order valence-electron chi connectivity index (χ0n) is 10.6. The Hall–Kier alpha value is -1.14. The van der Waals surface area contributed by atoms with Gasteiger partial charge < -0.3 is 21.5 Å². The molecule has 2 fully saturated rings. The van der Waals surface area contributed by atoms with Gasteiger partial charge in [-0.2, -0.15) is 0 Å². The molecule has 0 aromatic rings.